The number of amides is 1. The van der Waals surface area contributed by atoms with Crippen molar-refractivity contribution in [3.05, 3.63) is 36.8 Å². The molecule has 0 aliphatic carbocycles. The van der Waals surface area contributed by atoms with E-state index in [2.05, 4.69) is 44.5 Å². The zero-order valence-electron chi connectivity index (χ0n) is 17.7. The number of hydrogen-bond acceptors (Lipinski definition) is 7. The van der Waals surface area contributed by atoms with Crippen LogP contribution in [0.25, 0.3) is 22.1 Å². The molecule has 0 atom stereocenters. The summed E-state index contributed by atoms with van der Waals surface area (Å²) >= 11 is 1.60. The molecule has 0 unspecified atom stereocenters. The van der Waals surface area contributed by atoms with E-state index >= 15 is 0 Å². The van der Waals surface area contributed by atoms with Crippen LogP contribution in [0.5, 0.6) is 0 Å². The second-order valence-corrected chi connectivity index (χ2v) is 8.26. The van der Waals surface area contributed by atoms with Crippen molar-refractivity contribution in [1.82, 2.24) is 34.6 Å². The Morgan fingerprint density at radius 1 is 1.16 bits per heavy atom. The van der Waals surface area contributed by atoms with Gasteiger partial charge in [0.1, 0.15) is 12.4 Å². The number of carbonyl (C=O) groups excluding carboxylic acids is 1. The molecule has 0 saturated carbocycles. The highest BCUT2D eigenvalue weighted by atomic mass is 32.2. The topological polar surface area (TPSA) is 103 Å². The molecule has 1 amide bonds. The van der Waals surface area contributed by atoms with Gasteiger partial charge >= 0.3 is 0 Å². The molecule has 0 aliphatic heterocycles. The molecule has 0 aliphatic rings. The summed E-state index contributed by atoms with van der Waals surface area (Å²) in [6.07, 6.45) is 4.49. The fraction of sp³-hybridized carbons (Fsp3) is 0.381. The average Bonchev–Trinajstić information content (AvgIpc) is 3.37. The molecule has 3 heterocycles. The van der Waals surface area contributed by atoms with E-state index in [0.29, 0.717) is 13.1 Å². The number of benzene rings is 1. The van der Waals surface area contributed by atoms with Crippen LogP contribution in [0.1, 0.15) is 20.3 Å². The highest BCUT2D eigenvalue weighted by Gasteiger charge is 2.13. The normalized spacial score (nSPS) is 11.3. The molecule has 3 aromatic heterocycles. The van der Waals surface area contributed by atoms with Gasteiger partial charge in [0.05, 0.1) is 35.5 Å². The van der Waals surface area contributed by atoms with Crippen LogP contribution in [0.4, 0.5) is 5.82 Å². The first-order chi connectivity index (χ1) is 15.2. The minimum absolute atomic E-state index is 0.0678. The highest BCUT2D eigenvalue weighted by molar-refractivity contribution is 7.99. The van der Waals surface area contributed by atoms with Gasteiger partial charge in [-0.3, -0.25) is 4.79 Å². The first-order valence-corrected chi connectivity index (χ1v) is 11.4. The lowest BCUT2D eigenvalue weighted by Gasteiger charge is -2.09. The predicted molar refractivity (Wildman–Crippen MR) is 123 cm³/mol. The van der Waals surface area contributed by atoms with Gasteiger partial charge in [0.2, 0.25) is 5.91 Å². The second kappa shape index (κ2) is 9.78. The maximum absolute atomic E-state index is 12.4. The van der Waals surface area contributed by atoms with E-state index in [9.17, 15) is 4.79 Å². The summed E-state index contributed by atoms with van der Waals surface area (Å²) < 4.78 is 3.67. The third kappa shape index (κ3) is 4.79. The van der Waals surface area contributed by atoms with Crippen molar-refractivity contribution in [1.29, 1.82) is 0 Å². The SMILES string of the molecule is CCCNc1nc(SCC)nc2c1cnn2CCNC(=O)Cn1cnc2ccccc21. The molecule has 0 bridgehead atoms. The number of nitrogens with one attached hydrogen (secondary N) is 2. The van der Waals surface area contributed by atoms with Crippen LogP contribution < -0.4 is 10.6 Å². The zero-order chi connectivity index (χ0) is 21.6. The molecule has 0 saturated heterocycles. The zero-order valence-corrected chi connectivity index (χ0v) is 18.5. The van der Waals surface area contributed by atoms with Crippen molar-refractivity contribution < 1.29 is 4.79 Å². The van der Waals surface area contributed by atoms with E-state index in [1.165, 1.54) is 0 Å². The Morgan fingerprint density at radius 2 is 2.03 bits per heavy atom. The first kappa shape index (κ1) is 21.1. The van der Waals surface area contributed by atoms with Crippen LogP contribution in [-0.2, 0) is 17.9 Å². The summed E-state index contributed by atoms with van der Waals surface area (Å²) in [6.45, 7) is 6.25. The number of anilines is 1. The Morgan fingerprint density at radius 3 is 2.87 bits per heavy atom. The van der Waals surface area contributed by atoms with Crippen molar-refractivity contribution in [2.24, 2.45) is 0 Å². The second-order valence-electron chi connectivity index (χ2n) is 7.03. The minimum Gasteiger partial charge on any atom is -0.369 e. The number of imidazole rings is 1. The van der Waals surface area contributed by atoms with Gasteiger partial charge in [-0.05, 0) is 24.3 Å². The quantitative estimate of drug-likeness (QED) is 0.290. The molecule has 2 N–H and O–H groups in total. The Hall–Kier alpha value is -3.14. The molecule has 0 radical (unpaired) electrons. The van der Waals surface area contributed by atoms with Gasteiger partial charge in [-0.25, -0.2) is 19.6 Å². The fourth-order valence-electron chi connectivity index (χ4n) is 3.32. The van der Waals surface area contributed by atoms with Gasteiger partial charge in [-0.15, -0.1) is 0 Å². The molecule has 9 nitrogen and oxygen atoms in total. The lowest BCUT2D eigenvalue weighted by Crippen LogP contribution is -2.30. The molecule has 4 aromatic rings. The van der Waals surface area contributed by atoms with Crippen molar-refractivity contribution in [3.8, 4) is 0 Å². The fourth-order valence-corrected chi connectivity index (χ4v) is 3.88. The first-order valence-electron chi connectivity index (χ1n) is 10.5. The van der Waals surface area contributed by atoms with E-state index in [1.54, 1.807) is 24.3 Å². The van der Waals surface area contributed by atoms with Gasteiger partial charge in [-0.2, -0.15) is 5.10 Å². The maximum Gasteiger partial charge on any atom is 0.240 e. The Kier molecular flexibility index (Phi) is 6.66. The summed E-state index contributed by atoms with van der Waals surface area (Å²) in [5, 5.41) is 12.4. The van der Waals surface area contributed by atoms with E-state index in [1.807, 2.05) is 33.5 Å². The predicted octanol–water partition coefficient (Wildman–Crippen LogP) is 2.93. The number of carbonyl (C=O) groups is 1. The Balaban J connectivity index is 1.42. The van der Waals surface area contributed by atoms with E-state index in [4.69, 9.17) is 0 Å². The van der Waals surface area contributed by atoms with Crippen LogP contribution in [0.2, 0.25) is 0 Å². The number of nitrogens with zero attached hydrogens (tertiary/aromatic N) is 6. The molecule has 1 aromatic carbocycles. The van der Waals surface area contributed by atoms with Crippen molar-refractivity contribution in [2.45, 2.75) is 38.5 Å². The summed E-state index contributed by atoms with van der Waals surface area (Å²) in [6, 6.07) is 7.77. The lowest BCUT2D eigenvalue weighted by atomic mass is 10.3. The number of fused-ring (bicyclic) bond motifs is 2. The summed E-state index contributed by atoms with van der Waals surface area (Å²) in [5.41, 5.74) is 2.60. The summed E-state index contributed by atoms with van der Waals surface area (Å²) in [5.74, 6) is 1.64. The van der Waals surface area contributed by atoms with Gasteiger partial charge in [0, 0.05) is 13.1 Å². The van der Waals surface area contributed by atoms with Crippen molar-refractivity contribution in [3.63, 3.8) is 0 Å². The Labute approximate surface area is 184 Å². The standard InChI is InChI=1S/C21H26N8OS/c1-3-9-23-19-15-12-25-29(20(15)27-21(26-19)31-4-2)11-10-22-18(30)13-28-14-24-16-7-5-6-8-17(16)28/h5-8,12,14H,3-4,9-11,13H2,1-2H3,(H,22,30)(H,23,26,27). The third-order valence-corrected chi connectivity index (χ3v) is 5.51. The Bertz CT molecular complexity index is 1180. The van der Waals surface area contributed by atoms with E-state index < -0.39 is 0 Å². The number of thioether (sulfide) groups is 1. The molecular formula is C21H26N8OS. The lowest BCUT2D eigenvalue weighted by molar-refractivity contribution is -0.121. The molecule has 10 heteroatoms. The largest absolute Gasteiger partial charge is 0.369 e. The van der Waals surface area contributed by atoms with Gasteiger partial charge in [0.25, 0.3) is 0 Å². The highest BCUT2D eigenvalue weighted by Crippen LogP contribution is 2.24. The summed E-state index contributed by atoms with van der Waals surface area (Å²) in [4.78, 5) is 26.1. The van der Waals surface area contributed by atoms with Crippen LogP contribution in [0.3, 0.4) is 0 Å². The van der Waals surface area contributed by atoms with Crippen LogP contribution in [-0.4, -0.2) is 54.0 Å². The van der Waals surface area contributed by atoms with Crippen LogP contribution in [0, 0.1) is 0 Å². The molecule has 4 rings (SSSR count). The summed E-state index contributed by atoms with van der Waals surface area (Å²) in [7, 11) is 0. The van der Waals surface area contributed by atoms with Gasteiger partial charge < -0.3 is 15.2 Å². The average molecular weight is 439 g/mol. The number of aromatic nitrogens is 6. The molecule has 31 heavy (non-hydrogen) atoms. The van der Waals surface area contributed by atoms with Gasteiger partial charge in [0.15, 0.2) is 10.8 Å². The van der Waals surface area contributed by atoms with E-state index in [0.717, 1.165) is 51.8 Å². The van der Waals surface area contributed by atoms with Crippen molar-refractivity contribution in [2.75, 3.05) is 24.2 Å². The number of hydrogen-bond donors (Lipinski definition) is 2. The van der Waals surface area contributed by atoms with Crippen LogP contribution >= 0.6 is 11.8 Å². The van der Waals surface area contributed by atoms with E-state index in [-0.39, 0.29) is 12.5 Å². The molecular weight excluding hydrogens is 412 g/mol. The molecule has 162 valence electrons. The number of rotatable bonds is 10. The molecule has 0 spiro atoms. The maximum atomic E-state index is 12.4. The minimum atomic E-state index is -0.0678. The monoisotopic (exact) mass is 438 g/mol. The third-order valence-electron chi connectivity index (χ3n) is 4.78. The van der Waals surface area contributed by atoms with Crippen LogP contribution in [0.15, 0.2) is 41.9 Å². The van der Waals surface area contributed by atoms with Gasteiger partial charge in [-0.1, -0.05) is 37.7 Å². The smallest absolute Gasteiger partial charge is 0.240 e. The molecule has 0 fully saturated rings. The number of para-hydroxylation sites is 2. The van der Waals surface area contributed by atoms with Crippen molar-refractivity contribution >= 4 is 45.6 Å².